The van der Waals surface area contributed by atoms with E-state index in [-0.39, 0.29) is 0 Å². The third-order valence-corrected chi connectivity index (χ3v) is 4.52. The number of ether oxygens (including phenoxy) is 3. The minimum atomic E-state index is -1.93. The first-order valence-corrected chi connectivity index (χ1v) is 8.29. The summed E-state index contributed by atoms with van der Waals surface area (Å²) in [6, 6.07) is 10.9. The molecule has 0 aliphatic rings. The third kappa shape index (κ3) is 4.25. The fourth-order valence-corrected chi connectivity index (χ4v) is 2.86. The second-order valence-corrected chi connectivity index (χ2v) is 6.07. The Morgan fingerprint density at radius 3 is 2.07 bits per heavy atom. The quantitative estimate of drug-likeness (QED) is 0.583. The van der Waals surface area contributed by atoms with E-state index in [2.05, 4.69) is 9.47 Å². The molecule has 0 fully saturated rings. The zero-order valence-electron chi connectivity index (χ0n) is 15.6. The van der Waals surface area contributed by atoms with Crippen LogP contribution in [0.15, 0.2) is 36.4 Å². The van der Waals surface area contributed by atoms with Gasteiger partial charge in [-0.25, -0.2) is 4.79 Å². The molecule has 0 spiro atoms. The Bertz CT molecular complexity index is 859. The van der Waals surface area contributed by atoms with Gasteiger partial charge in [0.15, 0.2) is 17.8 Å². The Kier molecular flexibility index (Phi) is 6.52. The molecule has 0 saturated carbocycles. The van der Waals surface area contributed by atoms with Gasteiger partial charge in [-0.15, -0.1) is 0 Å². The number of esters is 2. The number of ketones is 1. The Hall–Kier alpha value is -2.93. The zero-order valence-corrected chi connectivity index (χ0v) is 15.6. The van der Waals surface area contributed by atoms with Gasteiger partial charge in [0.1, 0.15) is 5.75 Å². The van der Waals surface area contributed by atoms with Crippen LogP contribution in [0.2, 0.25) is 0 Å². The molecule has 0 amide bonds. The fraction of sp³-hybridized carbons (Fsp3) is 0.350. The van der Waals surface area contributed by atoms with Crippen LogP contribution in [0.3, 0.4) is 0 Å². The van der Waals surface area contributed by atoms with Crippen LogP contribution in [0.1, 0.15) is 18.4 Å². The second-order valence-electron chi connectivity index (χ2n) is 6.07. The van der Waals surface area contributed by atoms with E-state index in [1.807, 2.05) is 24.3 Å². The van der Waals surface area contributed by atoms with E-state index >= 15 is 0 Å². The van der Waals surface area contributed by atoms with E-state index < -0.39 is 35.7 Å². The van der Waals surface area contributed by atoms with Crippen LogP contribution >= 0.6 is 0 Å². The van der Waals surface area contributed by atoms with Crippen molar-refractivity contribution in [2.45, 2.75) is 18.9 Å². The molecule has 0 unspecified atom stereocenters. The monoisotopic (exact) mass is 374 g/mol. The summed E-state index contributed by atoms with van der Waals surface area (Å²) in [5, 5.41) is 11.9. The SMILES string of the molecule is COC(=O)[C@@H](C(=O)[C@@H](C)c1ccc2cc(OC)ccc2c1)[C@@H](O)C(=O)OC. The van der Waals surface area contributed by atoms with Gasteiger partial charge in [-0.3, -0.25) is 9.59 Å². The first-order valence-electron chi connectivity index (χ1n) is 8.29. The lowest BCUT2D eigenvalue weighted by Gasteiger charge is -2.21. The number of methoxy groups -OCH3 is 3. The molecule has 1 N–H and O–H groups in total. The summed E-state index contributed by atoms with van der Waals surface area (Å²) in [5.41, 5.74) is 0.642. The van der Waals surface area contributed by atoms with Crippen molar-refractivity contribution in [1.29, 1.82) is 0 Å². The van der Waals surface area contributed by atoms with Crippen molar-refractivity contribution in [1.82, 2.24) is 0 Å². The molecule has 2 rings (SSSR count). The molecule has 3 atom stereocenters. The molecule has 7 heteroatoms. The molecule has 0 bridgehead atoms. The van der Waals surface area contributed by atoms with Crippen LogP contribution in [0.5, 0.6) is 5.75 Å². The van der Waals surface area contributed by atoms with Crippen LogP contribution in [-0.4, -0.2) is 50.3 Å². The predicted octanol–water partition coefficient (Wildman–Crippen LogP) is 1.84. The lowest BCUT2D eigenvalue weighted by molar-refractivity contribution is -0.166. The van der Waals surface area contributed by atoms with Gasteiger partial charge in [-0.2, -0.15) is 0 Å². The van der Waals surface area contributed by atoms with Crippen molar-refractivity contribution < 1.29 is 33.7 Å². The van der Waals surface area contributed by atoms with Crippen molar-refractivity contribution in [2.24, 2.45) is 5.92 Å². The number of hydrogen-bond acceptors (Lipinski definition) is 7. The van der Waals surface area contributed by atoms with Gasteiger partial charge in [0.05, 0.1) is 21.3 Å². The van der Waals surface area contributed by atoms with Crippen molar-refractivity contribution in [3.63, 3.8) is 0 Å². The smallest absolute Gasteiger partial charge is 0.336 e. The van der Waals surface area contributed by atoms with E-state index in [9.17, 15) is 19.5 Å². The van der Waals surface area contributed by atoms with E-state index in [0.717, 1.165) is 25.0 Å². The van der Waals surface area contributed by atoms with Gasteiger partial charge >= 0.3 is 11.9 Å². The Balaban J connectivity index is 2.36. The highest BCUT2D eigenvalue weighted by Crippen LogP contribution is 2.28. The number of carbonyl (C=O) groups is 3. The molecule has 0 aromatic heterocycles. The molecule has 27 heavy (non-hydrogen) atoms. The maximum atomic E-state index is 12.9. The standard InChI is InChI=1S/C20H22O7/c1-11(17(21)16(19(23)26-3)18(22)20(24)27-4)12-5-6-14-10-15(25-2)8-7-13(14)9-12/h5-11,16,18,22H,1-4H3/t11-,16-,18+/m0/s1. The lowest BCUT2D eigenvalue weighted by Crippen LogP contribution is -2.43. The van der Waals surface area contributed by atoms with Gasteiger partial charge in [-0.05, 0) is 28.5 Å². The second kappa shape index (κ2) is 8.64. The molecular formula is C20H22O7. The topological polar surface area (TPSA) is 99.1 Å². The molecular weight excluding hydrogens is 352 g/mol. The van der Waals surface area contributed by atoms with Crippen LogP contribution in [0, 0.1) is 5.92 Å². The van der Waals surface area contributed by atoms with Gasteiger partial charge in [-0.1, -0.05) is 31.2 Å². The molecule has 144 valence electrons. The van der Waals surface area contributed by atoms with Crippen molar-refractivity contribution in [2.75, 3.05) is 21.3 Å². The zero-order chi connectivity index (χ0) is 20.1. The van der Waals surface area contributed by atoms with Crippen LogP contribution in [0.4, 0.5) is 0 Å². The number of fused-ring (bicyclic) bond motifs is 1. The molecule has 0 heterocycles. The predicted molar refractivity (Wildman–Crippen MR) is 97.5 cm³/mol. The van der Waals surface area contributed by atoms with E-state index in [0.29, 0.717) is 11.3 Å². The Morgan fingerprint density at radius 2 is 1.48 bits per heavy atom. The van der Waals surface area contributed by atoms with E-state index in [1.165, 1.54) is 0 Å². The molecule has 2 aromatic carbocycles. The summed E-state index contributed by atoms with van der Waals surface area (Å²) in [7, 11) is 3.72. The van der Waals surface area contributed by atoms with E-state index in [4.69, 9.17) is 4.74 Å². The minimum Gasteiger partial charge on any atom is -0.497 e. The number of hydrogen-bond donors (Lipinski definition) is 1. The Labute approximate surface area is 156 Å². The summed E-state index contributed by atoms with van der Waals surface area (Å²) in [6.45, 7) is 1.60. The molecule has 2 aromatic rings. The normalized spacial score (nSPS) is 14.1. The summed E-state index contributed by atoms with van der Waals surface area (Å²) in [6.07, 6.45) is -1.93. The van der Waals surface area contributed by atoms with Crippen LogP contribution in [-0.2, 0) is 23.9 Å². The molecule has 7 nitrogen and oxygen atoms in total. The average molecular weight is 374 g/mol. The Morgan fingerprint density at radius 1 is 0.889 bits per heavy atom. The molecule has 0 aliphatic carbocycles. The minimum absolute atomic E-state index is 0.632. The summed E-state index contributed by atoms with van der Waals surface area (Å²) in [4.78, 5) is 36.5. The number of carbonyl (C=O) groups excluding carboxylic acids is 3. The van der Waals surface area contributed by atoms with Crippen LogP contribution < -0.4 is 4.74 Å². The number of Topliss-reactive ketones (excluding diaryl/α,β-unsaturated/α-hetero) is 1. The van der Waals surface area contributed by atoms with Crippen LogP contribution in [0.25, 0.3) is 10.8 Å². The molecule has 0 saturated heterocycles. The van der Waals surface area contributed by atoms with Gasteiger partial charge in [0, 0.05) is 5.92 Å². The number of rotatable bonds is 7. The summed E-state index contributed by atoms with van der Waals surface area (Å²) < 4.78 is 14.2. The van der Waals surface area contributed by atoms with Crippen molar-refractivity contribution >= 4 is 28.5 Å². The highest BCUT2D eigenvalue weighted by atomic mass is 16.5. The molecule has 0 aliphatic heterocycles. The number of benzene rings is 2. The van der Waals surface area contributed by atoms with Gasteiger partial charge in [0.2, 0.25) is 0 Å². The fourth-order valence-electron chi connectivity index (χ4n) is 2.86. The van der Waals surface area contributed by atoms with Crippen molar-refractivity contribution in [3.05, 3.63) is 42.0 Å². The number of aliphatic hydroxyl groups excluding tert-OH is 1. The maximum absolute atomic E-state index is 12.9. The highest BCUT2D eigenvalue weighted by molar-refractivity contribution is 6.06. The highest BCUT2D eigenvalue weighted by Gasteiger charge is 2.41. The first kappa shape index (κ1) is 20.4. The maximum Gasteiger partial charge on any atom is 0.336 e. The van der Waals surface area contributed by atoms with Crippen molar-refractivity contribution in [3.8, 4) is 5.75 Å². The van der Waals surface area contributed by atoms with Gasteiger partial charge in [0.25, 0.3) is 0 Å². The largest absolute Gasteiger partial charge is 0.497 e. The molecule has 0 radical (unpaired) electrons. The average Bonchev–Trinajstić information content (AvgIpc) is 2.71. The summed E-state index contributed by atoms with van der Waals surface area (Å²) >= 11 is 0. The third-order valence-electron chi connectivity index (χ3n) is 4.52. The number of aliphatic hydroxyl groups is 1. The van der Waals surface area contributed by atoms with E-state index in [1.54, 1.807) is 26.2 Å². The lowest BCUT2D eigenvalue weighted by atomic mass is 9.85. The summed E-state index contributed by atoms with van der Waals surface area (Å²) in [5.74, 6) is -4.39. The van der Waals surface area contributed by atoms with Gasteiger partial charge < -0.3 is 19.3 Å². The first-order chi connectivity index (χ1) is 12.8.